The molecule has 2 unspecified atom stereocenters. The van der Waals surface area contributed by atoms with E-state index in [4.69, 9.17) is 0 Å². The molecule has 0 aromatic heterocycles. The van der Waals surface area contributed by atoms with Crippen LogP contribution in [0.2, 0.25) is 0 Å². The molecule has 1 heteroatoms. The molecule has 134 valence electrons. The van der Waals surface area contributed by atoms with E-state index in [0.29, 0.717) is 11.8 Å². The van der Waals surface area contributed by atoms with Crippen molar-refractivity contribution < 1.29 is 5.11 Å². The Morgan fingerprint density at radius 3 is 2.23 bits per heavy atom. The van der Waals surface area contributed by atoms with Gasteiger partial charge in [-0.2, -0.15) is 0 Å². The second-order valence-electron chi connectivity index (χ2n) is 7.35. The lowest BCUT2D eigenvalue weighted by Crippen LogP contribution is -2.22. The van der Waals surface area contributed by atoms with Crippen molar-refractivity contribution in [3.63, 3.8) is 0 Å². The molecule has 0 spiro atoms. The molecule has 26 heavy (non-hydrogen) atoms. The van der Waals surface area contributed by atoms with Crippen molar-refractivity contribution in [1.29, 1.82) is 0 Å². The van der Waals surface area contributed by atoms with Gasteiger partial charge in [0.2, 0.25) is 0 Å². The summed E-state index contributed by atoms with van der Waals surface area (Å²) in [6, 6.07) is 25.6. The molecule has 3 aromatic carbocycles. The predicted molar refractivity (Wildman–Crippen MR) is 112 cm³/mol. The molecule has 0 amide bonds. The van der Waals surface area contributed by atoms with E-state index in [0.717, 1.165) is 6.42 Å². The van der Waals surface area contributed by atoms with Crippen LogP contribution in [0, 0.1) is 11.8 Å². The fraction of sp³-hybridized carbons (Fsp3) is 0.280. The fourth-order valence-corrected chi connectivity index (χ4v) is 3.71. The molecular weight excluding hydrogens is 316 g/mol. The number of hydrogen-bond acceptors (Lipinski definition) is 1. The summed E-state index contributed by atoms with van der Waals surface area (Å²) in [5.41, 5.74) is 2.53. The SMILES string of the molecule is CC(C)C(CO)C(C/C=C/c1ccccc1)c1ccc2ccccc2c1. The van der Waals surface area contributed by atoms with Crippen LogP contribution in [0.1, 0.15) is 37.3 Å². The van der Waals surface area contributed by atoms with Crippen molar-refractivity contribution in [2.24, 2.45) is 11.8 Å². The monoisotopic (exact) mass is 344 g/mol. The molecule has 0 saturated heterocycles. The number of allylic oxidation sites excluding steroid dienone is 1. The number of hydrogen-bond donors (Lipinski definition) is 1. The van der Waals surface area contributed by atoms with Crippen molar-refractivity contribution in [3.05, 3.63) is 90.0 Å². The van der Waals surface area contributed by atoms with Gasteiger partial charge in [-0.05, 0) is 46.1 Å². The first-order chi connectivity index (χ1) is 12.7. The standard InChI is InChI=1S/C25H28O/c1-19(2)25(18-26)24(14-8-11-20-9-4-3-5-10-20)23-16-15-21-12-6-7-13-22(21)17-23/h3-13,15-17,19,24-26H,14,18H2,1-2H3/b11-8+. The number of rotatable bonds is 7. The van der Waals surface area contributed by atoms with Gasteiger partial charge in [-0.15, -0.1) is 0 Å². The Morgan fingerprint density at radius 2 is 1.54 bits per heavy atom. The van der Waals surface area contributed by atoms with Crippen LogP contribution in [0.15, 0.2) is 78.9 Å². The summed E-state index contributed by atoms with van der Waals surface area (Å²) in [4.78, 5) is 0. The molecular formula is C25H28O. The fourth-order valence-electron chi connectivity index (χ4n) is 3.71. The maximum absolute atomic E-state index is 10.0. The Hall–Kier alpha value is -2.38. The molecule has 0 aliphatic rings. The molecule has 3 rings (SSSR count). The van der Waals surface area contributed by atoms with Crippen LogP contribution in [0.3, 0.4) is 0 Å². The Balaban J connectivity index is 1.90. The lowest BCUT2D eigenvalue weighted by atomic mass is 9.77. The maximum Gasteiger partial charge on any atom is 0.0467 e. The van der Waals surface area contributed by atoms with E-state index in [1.165, 1.54) is 21.9 Å². The zero-order valence-corrected chi connectivity index (χ0v) is 15.7. The quantitative estimate of drug-likeness (QED) is 0.534. The zero-order valence-electron chi connectivity index (χ0n) is 15.7. The second kappa shape index (κ2) is 8.82. The highest BCUT2D eigenvalue weighted by Gasteiger charge is 2.24. The maximum atomic E-state index is 10.0. The lowest BCUT2D eigenvalue weighted by molar-refractivity contribution is 0.164. The molecule has 2 atom stereocenters. The van der Waals surface area contributed by atoms with Gasteiger partial charge in [-0.3, -0.25) is 0 Å². The summed E-state index contributed by atoms with van der Waals surface area (Å²) in [6.45, 7) is 4.63. The van der Waals surface area contributed by atoms with Gasteiger partial charge in [0.25, 0.3) is 0 Å². The Morgan fingerprint density at radius 1 is 0.846 bits per heavy atom. The molecule has 0 bridgehead atoms. The van der Waals surface area contributed by atoms with Crippen molar-refractivity contribution in [2.75, 3.05) is 6.61 Å². The molecule has 0 radical (unpaired) electrons. The number of aliphatic hydroxyl groups is 1. The summed E-state index contributed by atoms with van der Waals surface area (Å²) in [6.07, 6.45) is 5.36. The van der Waals surface area contributed by atoms with E-state index >= 15 is 0 Å². The average Bonchev–Trinajstić information content (AvgIpc) is 2.67. The van der Waals surface area contributed by atoms with E-state index in [-0.39, 0.29) is 12.5 Å². The highest BCUT2D eigenvalue weighted by molar-refractivity contribution is 5.83. The molecule has 0 fully saturated rings. The summed E-state index contributed by atoms with van der Waals surface area (Å²) in [7, 11) is 0. The van der Waals surface area contributed by atoms with Crippen LogP contribution in [-0.4, -0.2) is 11.7 Å². The molecule has 0 aliphatic heterocycles. The first-order valence-corrected chi connectivity index (χ1v) is 9.50. The van der Waals surface area contributed by atoms with Crippen molar-refractivity contribution in [1.82, 2.24) is 0 Å². The van der Waals surface area contributed by atoms with Crippen LogP contribution in [0.5, 0.6) is 0 Å². The topological polar surface area (TPSA) is 20.2 Å². The third-order valence-electron chi connectivity index (χ3n) is 5.29. The third kappa shape index (κ3) is 4.42. The van der Waals surface area contributed by atoms with E-state index < -0.39 is 0 Å². The molecule has 0 saturated carbocycles. The minimum atomic E-state index is 0.217. The van der Waals surface area contributed by atoms with E-state index in [2.05, 4.69) is 92.7 Å². The highest BCUT2D eigenvalue weighted by atomic mass is 16.3. The molecule has 0 heterocycles. The third-order valence-corrected chi connectivity index (χ3v) is 5.29. The van der Waals surface area contributed by atoms with Crippen molar-refractivity contribution in [3.8, 4) is 0 Å². The van der Waals surface area contributed by atoms with Crippen LogP contribution in [-0.2, 0) is 0 Å². The largest absolute Gasteiger partial charge is 0.396 e. The van der Waals surface area contributed by atoms with Gasteiger partial charge in [-0.1, -0.05) is 98.8 Å². The van der Waals surface area contributed by atoms with Crippen LogP contribution < -0.4 is 0 Å². The van der Waals surface area contributed by atoms with E-state index in [1.807, 2.05) is 6.07 Å². The predicted octanol–water partition coefficient (Wildman–Crippen LogP) is 6.29. The minimum Gasteiger partial charge on any atom is -0.396 e. The highest BCUT2D eigenvalue weighted by Crippen LogP contribution is 2.35. The summed E-state index contributed by atoms with van der Waals surface area (Å²) < 4.78 is 0. The number of aliphatic hydroxyl groups excluding tert-OH is 1. The van der Waals surface area contributed by atoms with E-state index in [1.54, 1.807) is 0 Å². The Kier molecular flexibility index (Phi) is 6.25. The van der Waals surface area contributed by atoms with Gasteiger partial charge in [0, 0.05) is 6.61 Å². The number of fused-ring (bicyclic) bond motifs is 1. The molecule has 3 aromatic rings. The molecule has 1 N–H and O–H groups in total. The molecule has 0 aliphatic carbocycles. The van der Waals surface area contributed by atoms with Gasteiger partial charge >= 0.3 is 0 Å². The summed E-state index contributed by atoms with van der Waals surface area (Å²) in [5, 5.41) is 12.6. The second-order valence-corrected chi connectivity index (χ2v) is 7.35. The van der Waals surface area contributed by atoms with Gasteiger partial charge in [0.1, 0.15) is 0 Å². The summed E-state index contributed by atoms with van der Waals surface area (Å²) in [5.74, 6) is 0.989. The van der Waals surface area contributed by atoms with Crippen LogP contribution in [0.4, 0.5) is 0 Å². The van der Waals surface area contributed by atoms with Crippen LogP contribution in [0.25, 0.3) is 16.8 Å². The van der Waals surface area contributed by atoms with Crippen LogP contribution >= 0.6 is 0 Å². The summed E-state index contributed by atoms with van der Waals surface area (Å²) >= 11 is 0. The van der Waals surface area contributed by atoms with Gasteiger partial charge in [0.15, 0.2) is 0 Å². The van der Waals surface area contributed by atoms with E-state index in [9.17, 15) is 5.11 Å². The normalized spacial score (nSPS) is 14.2. The van der Waals surface area contributed by atoms with Gasteiger partial charge < -0.3 is 5.11 Å². The van der Waals surface area contributed by atoms with Gasteiger partial charge in [0.05, 0.1) is 0 Å². The average molecular weight is 344 g/mol. The molecule has 1 nitrogen and oxygen atoms in total. The lowest BCUT2D eigenvalue weighted by Gasteiger charge is -2.28. The Bertz CT molecular complexity index is 848. The van der Waals surface area contributed by atoms with Crippen molar-refractivity contribution in [2.45, 2.75) is 26.2 Å². The zero-order chi connectivity index (χ0) is 18.4. The first-order valence-electron chi connectivity index (χ1n) is 9.50. The van der Waals surface area contributed by atoms with Crippen molar-refractivity contribution >= 4 is 16.8 Å². The Labute approximate surface area is 157 Å². The smallest absolute Gasteiger partial charge is 0.0467 e. The number of benzene rings is 3. The van der Waals surface area contributed by atoms with Gasteiger partial charge in [-0.25, -0.2) is 0 Å². The first kappa shape index (κ1) is 18.4. The minimum absolute atomic E-state index is 0.217.